The second kappa shape index (κ2) is 6.17. The van der Waals surface area contributed by atoms with E-state index >= 15 is 0 Å². The Morgan fingerprint density at radius 2 is 1.57 bits per heavy atom. The van der Waals surface area contributed by atoms with Gasteiger partial charge in [-0.15, -0.1) is 0 Å². The number of hydrogen-bond acceptors (Lipinski definition) is 5. The van der Waals surface area contributed by atoms with Crippen molar-refractivity contribution in [3.05, 3.63) is 70.8 Å². The third-order valence-electron chi connectivity index (χ3n) is 7.03. The molecule has 0 aromatic heterocycles. The van der Waals surface area contributed by atoms with E-state index in [2.05, 4.69) is 17.1 Å². The number of fused-ring (bicyclic) bond motifs is 3. The van der Waals surface area contributed by atoms with Gasteiger partial charge < -0.3 is 14.4 Å². The average molecular weight is 402 g/mol. The molecule has 0 N–H and O–H groups in total. The van der Waals surface area contributed by atoms with Gasteiger partial charge in [0.05, 0.1) is 5.56 Å². The largest absolute Gasteiger partial charge is 0.450 e. The van der Waals surface area contributed by atoms with E-state index < -0.39 is 11.2 Å². The van der Waals surface area contributed by atoms with Crippen LogP contribution in [0.1, 0.15) is 46.3 Å². The summed E-state index contributed by atoms with van der Waals surface area (Å²) in [7, 11) is 0. The van der Waals surface area contributed by atoms with E-state index in [1.54, 1.807) is 0 Å². The van der Waals surface area contributed by atoms with Crippen LogP contribution < -0.4 is 0 Å². The number of benzene rings is 2. The summed E-state index contributed by atoms with van der Waals surface area (Å²) in [5.41, 5.74) is 2.64. The molecule has 3 aliphatic heterocycles. The molecule has 4 aliphatic rings. The van der Waals surface area contributed by atoms with Crippen molar-refractivity contribution in [2.24, 2.45) is 4.99 Å². The van der Waals surface area contributed by atoms with Crippen LogP contribution in [0.2, 0.25) is 0 Å². The van der Waals surface area contributed by atoms with Gasteiger partial charge >= 0.3 is 5.97 Å². The standard InChI is InChI=1S/C24H22N2O4/c27-20-18-7-3-4-8-19(18)23(29-20)11-13-26(14-12-23)22-25-21(28)24(30-22)10-9-16-5-1-2-6-17(16)15-24/h1-8H,9-15H2/t24-/m0/s1. The van der Waals surface area contributed by atoms with Crippen molar-refractivity contribution in [3.63, 3.8) is 0 Å². The van der Waals surface area contributed by atoms with E-state index in [0.29, 0.717) is 50.4 Å². The predicted molar refractivity (Wildman–Crippen MR) is 109 cm³/mol. The molecule has 2 aromatic carbocycles. The number of ether oxygens (including phenoxy) is 2. The first-order valence-corrected chi connectivity index (χ1v) is 10.6. The maximum absolute atomic E-state index is 12.9. The Kier molecular flexibility index (Phi) is 3.64. The van der Waals surface area contributed by atoms with Gasteiger partial charge in [-0.2, -0.15) is 4.99 Å². The third-order valence-corrected chi connectivity index (χ3v) is 7.03. The number of rotatable bonds is 0. The van der Waals surface area contributed by atoms with Crippen molar-refractivity contribution in [3.8, 4) is 0 Å². The molecule has 1 amide bonds. The fraction of sp³-hybridized carbons (Fsp3) is 0.375. The summed E-state index contributed by atoms with van der Waals surface area (Å²) < 4.78 is 12.1. The number of carbonyl (C=O) groups excluding carboxylic acids is 2. The molecule has 1 fully saturated rings. The molecule has 0 radical (unpaired) electrons. The summed E-state index contributed by atoms with van der Waals surface area (Å²) in [4.78, 5) is 31.5. The fourth-order valence-electron chi connectivity index (χ4n) is 5.32. The van der Waals surface area contributed by atoms with Gasteiger partial charge in [0.25, 0.3) is 11.9 Å². The highest BCUT2D eigenvalue weighted by Gasteiger charge is 2.52. The van der Waals surface area contributed by atoms with Crippen LogP contribution in [0.5, 0.6) is 0 Å². The number of aliphatic imine (C=N–C) groups is 1. The Bertz CT molecular complexity index is 1100. The van der Waals surface area contributed by atoms with Crippen LogP contribution in [-0.4, -0.2) is 41.5 Å². The molecular formula is C24H22N2O4. The molecular weight excluding hydrogens is 380 g/mol. The highest BCUT2D eigenvalue weighted by molar-refractivity contribution is 6.02. The second-order valence-electron chi connectivity index (χ2n) is 8.66. The molecule has 6 nitrogen and oxygen atoms in total. The number of aryl methyl sites for hydroxylation is 1. The summed E-state index contributed by atoms with van der Waals surface area (Å²) >= 11 is 0. The molecule has 1 aliphatic carbocycles. The van der Waals surface area contributed by atoms with Crippen molar-refractivity contribution in [1.29, 1.82) is 0 Å². The Labute approximate surface area is 174 Å². The average Bonchev–Trinajstić information content (AvgIpc) is 3.23. The molecule has 3 heterocycles. The summed E-state index contributed by atoms with van der Waals surface area (Å²) in [6, 6.07) is 16.3. The van der Waals surface area contributed by atoms with Crippen molar-refractivity contribution in [1.82, 2.24) is 4.90 Å². The van der Waals surface area contributed by atoms with Gasteiger partial charge in [0.1, 0.15) is 5.60 Å². The summed E-state index contributed by atoms with van der Waals surface area (Å²) in [6.45, 7) is 1.25. The number of likely N-dealkylation sites (tertiary alicyclic amines) is 1. The van der Waals surface area contributed by atoms with Gasteiger partial charge in [-0.25, -0.2) is 4.79 Å². The molecule has 1 saturated heterocycles. The Balaban J connectivity index is 1.19. The molecule has 30 heavy (non-hydrogen) atoms. The minimum absolute atomic E-state index is 0.176. The Morgan fingerprint density at radius 1 is 0.833 bits per heavy atom. The zero-order valence-electron chi connectivity index (χ0n) is 16.6. The van der Waals surface area contributed by atoms with E-state index in [-0.39, 0.29) is 11.9 Å². The lowest BCUT2D eigenvalue weighted by atomic mass is 9.80. The number of hydrogen-bond donors (Lipinski definition) is 0. The lowest BCUT2D eigenvalue weighted by molar-refractivity contribution is -0.132. The molecule has 6 heteroatoms. The van der Waals surface area contributed by atoms with Crippen molar-refractivity contribution < 1.29 is 19.1 Å². The monoisotopic (exact) mass is 402 g/mol. The predicted octanol–water partition coefficient (Wildman–Crippen LogP) is 2.99. The van der Waals surface area contributed by atoms with Gasteiger partial charge in [-0.3, -0.25) is 4.79 Å². The highest BCUT2D eigenvalue weighted by atomic mass is 16.6. The summed E-state index contributed by atoms with van der Waals surface area (Å²) in [5.74, 6) is -0.423. The van der Waals surface area contributed by atoms with Crippen molar-refractivity contribution in [2.75, 3.05) is 13.1 Å². The number of nitrogens with zero attached hydrogens (tertiary/aromatic N) is 2. The molecule has 0 bridgehead atoms. The molecule has 0 saturated carbocycles. The quantitative estimate of drug-likeness (QED) is 0.634. The smallest absolute Gasteiger partial charge is 0.339 e. The van der Waals surface area contributed by atoms with E-state index in [0.717, 1.165) is 12.0 Å². The molecule has 1 atom stereocenters. The lowest BCUT2D eigenvalue weighted by Crippen LogP contribution is -2.48. The zero-order chi connectivity index (χ0) is 20.3. The van der Waals surface area contributed by atoms with Crippen LogP contribution in [0.3, 0.4) is 0 Å². The maximum Gasteiger partial charge on any atom is 0.339 e. The zero-order valence-corrected chi connectivity index (χ0v) is 16.6. The van der Waals surface area contributed by atoms with Gasteiger partial charge in [0.2, 0.25) is 0 Å². The van der Waals surface area contributed by atoms with E-state index in [9.17, 15) is 9.59 Å². The fourth-order valence-corrected chi connectivity index (χ4v) is 5.32. The summed E-state index contributed by atoms with van der Waals surface area (Å²) in [6.07, 6.45) is 3.35. The van der Waals surface area contributed by atoms with Crippen molar-refractivity contribution in [2.45, 2.75) is 43.3 Å². The number of carbonyl (C=O) groups is 2. The lowest BCUT2D eigenvalue weighted by Gasteiger charge is -2.39. The number of esters is 1. The molecule has 0 unspecified atom stereocenters. The van der Waals surface area contributed by atoms with Crippen LogP contribution in [0.4, 0.5) is 0 Å². The minimum Gasteiger partial charge on any atom is -0.450 e. The SMILES string of the molecule is O=C1OC2(CCN(C3=NC(=O)[C@@]4(CCc5ccccc5C4)O3)CC2)c2ccccc21. The number of piperidine rings is 1. The topological polar surface area (TPSA) is 68.2 Å². The third kappa shape index (κ3) is 2.46. The van der Waals surface area contributed by atoms with Gasteiger partial charge in [-0.05, 0) is 23.6 Å². The first-order chi connectivity index (χ1) is 14.6. The number of amidine groups is 1. The minimum atomic E-state index is -0.870. The number of amides is 1. The van der Waals surface area contributed by atoms with E-state index in [1.807, 2.05) is 41.3 Å². The first kappa shape index (κ1) is 17.7. The van der Waals surface area contributed by atoms with E-state index in [1.165, 1.54) is 11.1 Å². The summed E-state index contributed by atoms with van der Waals surface area (Å²) in [5, 5.41) is 0. The molecule has 2 aromatic rings. The van der Waals surface area contributed by atoms with Crippen LogP contribution >= 0.6 is 0 Å². The molecule has 6 rings (SSSR count). The van der Waals surface area contributed by atoms with Gasteiger partial charge in [0.15, 0.2) is 5.60 Å². The van der Waals surface area contributed by atoms with Crippen LogP contribution in [-0.2, 0) is 32.7 Å². The Hall–Kier alpha value is -3.15. The highest BCUT2D eigenvalue weighted by Crippen LogP contribution is 2.45. The second-order valence-corrected chi connectivity index (χ2v) is 8.66. The van der Waals surface area contributed by atoms with Crippen LogP contribution in [0, 0.1) is 0 Å². The van der Waals surface area contributed by atoms with Crippen LogP contribution in [0.15, 0.2) is 53.5 Å². The van der Waals surface area contributed by atoms with Gasteiger partial charge in [-0.1, -0.05) is 42.5 Å². The maximum atomic E-state index is 12.9. The van der Waals surface area contributed by atoms with E-state index in [4.69, 9.17) is 9.47 Å². The Morgan fingerprint density at radius 3 is 2.40 bits per heavy atom. The molecule has 152 valence electrons. The van der Waals surface area contributed by atoms with Gasteiger partial charge in [0, 0.05) is 44.3 Å². The van der Waals surface area contributed by atoms with Crippen molar-refractivity contribution >= 4 is 17.9 Å². The first-order valence-electron chi connectivity index (χ1n) is 10.6. The normalized spacial score (nSPS) is 26.3. The van der Waals surface area contributed by atoms with Crippen LogP contribution in [0.25, 0.3) is 0 Å². The molecule has 2 spiro atoms.